The van der Waals surface area contributed by atoms with E-state index in [4.69, 9.17) is 4.74 Å². The van der Waals surface area contributed by atoms with Gasteiger partial charge in [-0.3, -0.25) is 9.36 Å². The Balaban J connectivity index is 1.93. The van der Waals surface area contributed by atoms with Crippen molar-refractivity contribution in [2.75, 3.05) is 12.9 Å². The van der Waals surface area contributed by atoms with Gasteiger partial charge < -0.3 is 9.84 Å². The SMILES string of the molecule is CCOC(=O)C1=C(C)N=c2s/c(=C/c3ccc(O)cc3)c(=O)n2C1c1ccc(SC)cc1. The molecule has 2 aromatic carbocycles. The summed E-state index contributed by atoms with van der Waals surface area (Å²) in [5.74, 6) is -0.312. The largest absolute Gasteiger partial charge is 0.508 e. The van der Waals surface area contributed by atoms with Crippen molar-refractivity contribution in [3.05, 3.63) is 90.6 Å². The fourth-order valence-electron chi connectivity index (χ4n) is 3.62. The summed E-state index contributed by atoms with van der Waals surface area (Å²) in [4.78, 5) is 32.6. The zero-order valence-electron chi connectivity index (χ0n) is 17.9. The van der Waals surface area contributed by atoms with Crippen molar-refractivity contribution in [1.29, 1.82) is 0 Å². The van der Waals surface area contributed by atoms with Crippen LogP contribution in [0, 0.1) is 0 Å². The van der Waals surface area contributed by atoms with E-state index in [-0.39, 0.29) is 17.9 Å². The molecule has 0 aliphatic carbocycles. The molecule has 1 aliphatic rings. The van der Waals surface area contributed by atoms with Crippen molar-refractivity contribution in [3.8, 4) is 5.75 Å². The Morgan fingerprint density at radius 2 is 1.91 bits per heavy atom. The Morgan fingerprint density at radius 1 is 1.22 bits per heavy atom. The van der Waals surface area contributed by atoms with E-state index in [0.717, 1.165) is 16.0 Å². The molecule has 0 radical (unpaired) electrons. The maximum atomic E-state index is 13.5. The van der Waals surface area contributed by atoms with Crippen LogP contribution in [-0.2, 0) is 9.53 Å². The van der Waals surface area contributed by atoms with Crippen LogP contribution >= 0.6 is 23.1 Å². The van der Waals surface area contributed by atoms with Crippen molar-refractivity contribution in [3.63, 3.8) is 0 Å². The summed E-state index contributed by atoms with van der Waals surface area (Å²) in [6.45, 7) is 3.76. The summed E-state index contributed by atoms with van der Waals surface area (Å²) in [5, 5.41) is 9.52. The second-order valence-corrected chi connectivity index (χ2v) is 9.06. The van der Waals surface area contributed by atoms with E-state index in [9.17, 15) is 14.7 Å². The van der Waals surface area contributed by atoms with Crippen LogP contribution in [0.25, 0.3) is 6.08 Å². The molecular weight excluding hydrogens is 444 g/mol. The molecular formula is C24H22N2O4S2. The van der Waals surface area contributed by atoms with Gasteiger partial charge in [-0.15, -0.1) is 11.8 Å². The standard InChI is InChI=1S/C24H22N2O4S2/c1-4-30-23(29)20-14(2)25-24-26(21(20)16-7-11-18(31-3)12-8-16)22(28)19(32-24)13-15-5-9-17(27)10-6-15/h5-13,21,27H,4H2,1-3H3/b19-13+. The number of benzene rings is 2. The Kier molecular flexibility index (Phi) is 6.34. The number of rotatable bonds is 5. The highest BCUT2D eigenvalue weighted by Crippen LogP contribution is 2.31. The topological polar surface area (TPSA) is 80.9 Å². The lowest BCUT2D eigenvalue weighted by Crippen LogP contribution is -2.39. The Labute approximate surface area is 193 Å². The molecule has 1 N–H and O–H groups in total. The molecule has 0 saturated heterocycles. The lowest BCUT2D eigenvalue weighted by atomic mass is 9.96. The minimum Gasteiger partial charge on any atom is -0.508 e. The molecule has 0 saturated carbocycles. The minimum atomic E-state index is -0.622. The molecule has 0 spiro atoms. The second-order valence-electron chi connectivity index (χ2n) is 7.17. The summed E-state index contributed by atoms with van der Waals surface area (Å²) in [6.07, 6.45) is 3.76. The van der Waals surface area contributed by atoms with Gasteiger partial charge in [0.05, 0.1) is 28.5 Å². The number of fused-ring (bicyclic) bond motifs is 1. The first kappa shape index (κ1) is 22.1. The first-order valence-electron chi connectivity index (χ1n) is 10.1. The van der Waals surface area contributed by atoms with Gasteiger partial charge in [-0.1, -0.05) is 35.6 Å². The van der Waals surface area contributed by atoms with Crippen LogP contribution < -0.4 is 14.9 Å². The molecule has 0 fully saturated rings. The number of esters is 1. The molecule has 32 heavy (non-hydrogen) atoms. The summed E-state index contributed by atoms with van der Waals surface area (Å²) < 4.78 is 7.38. The second kappa shape index (κ2) is 9.18. The Bertz CT molecular complexity index is 1370. The lowest BCUT2D eigenvalue weighted by Gasteiger charge is -2.24. The van der Waals surface area contributed by atoms with Gasteiger partial charge in [-0.25, -0.2) is 9.79 Å². The molecule has 1 unspecified atom stereocenters. The van der Waals surface area contributed by atoms with Gasteiger partial charge in [0.1, 0.15) is 5.75 Å². The predicted octanol–water partition coefficient (Wildman–Crippen LogP) is 3.23. The number of phenols is 1. The third-order valence-electron chi connectivity index (χ3n) is 5.14. The molecule has 1 aliphatic heterocycles. The quantitative estimate of drug-likeness (QED) is 0.461. The average molecular weight is 467 g/mol. The molecule has 6 nitrogen and oxygen atoms in total. The summed E-state index contributed by atoms with van der Waals surface area (Å²) in [7, 11) is 0. The predicted molar refractivity (Wildman–Crippen MR) is 127 cm³/mol. The zero-order valence-corrected chi connectivity index (χ0v) is 19.5. The van der Waals surface area contributed by atoms with Crippen molar-refractivity contribution < 1.29 is 14.6 Å². The number of aromatic hydroxyl groups is 1. The van der Waals surface area contributed by atoms with E-state index < -0.39 is 12.0 Å². The van der Waals surface area contributed by atoms with Gasteiger partial charge in [0.25, 0.3) is 5.56 Å². The van der Waals surface area contributed by atoms with Crippen LogP contribution in [-0.4, -0.2) is 28.5 Å². The van der Waals surface area contributed by atoms with Crippen molar-refractivity contribution >= 4 is 35.1 Å². The third kappa shape index (κ3) is 4.16. The Hall–Kier alpha value is -3.10. The molecule has 4 rings (SSSR count). The highest BCUT2D eigenvalue weighted by Gasteiger charge is 2.33. The van der Waals surface area contributed by atoms with E-state index in [1.165, 1.54) is 11.3 Å². The zero-order chi connectivity index (χ0) is 22.8. The van der Waals surface area contributed by atoms with Gasteiger partial charge in [0, 0.05) is 4.90 Å². The number of carbonyl (C=O) groups excluding carboxylic acids is 1. The highest BCUT2D eigenvalue weighted by molar-refractivity contribution is 7.98. The van der Waals surface area contributed by atoms with Gasteiger partial charge in [-0.2, -0.15) is 0 Å². The summed E-state index contributed by atoms with van der Waals surface area (Å²) >= 11 is 2.90. The number of ether oxygens (including phenoxy) is 1. The monoisotopic (exact) mass is 466 g/mol. The third-order valence-corrected chi connectivity index (χ3v) is 6.87. The number of thioether (sulfide) groups is 1. The average Bonchev–Trinajstić information content (AvgIpc) is 3.09. The lowest BCUT2D eigenvalue weighted by molar-refractivity contribution is -0.139. The first-order valence-corrected chi connectivity index (χ1v) is 12.1. The number of aromatic nitrogens is 1. The molecule has 164 valence electrons. The maximum absolute atomic E-state index is 13.5. The van der Waals surface area contributed by atoms with Crippen molar-refractivity contribution in [2.24, 2.45) is 4.99 Å². The number of hydrogen-bond donors (Lipinski definition) is 1. The van der Waals surface area contributed by atoms with Crippen LogP contribution in [0.3, 0.4) is 0 Å². The molecule has 2 heterocycles. The van der Waals surface area contributed by atoms with E-state index in [1.54, 1.807) is 60.5 Å². The van der Waals surface area contributed by atoms with Gasteiger partial charge in [-0.05, 0) is 61.6 Å². The maximum Gasteiger partial charge on any atom is 0.338 e. The van der Waals surface area contributed by atoms with E-state index in [2.05, 4.69) is 4.99 Å². The molecule has 0 bridgehead atoms. The molecule has 3 aromatic rings. The van der Waals surface area contributed by atoms with Gasteiger partial charge >= 0.3 is 5.97 Å². The van der Waals surface area contributed by atoms with E-state index >= 15 is 0 Å². The van der Waals surface area contributed by atoms with Crippen LogP contribution in [0.1, 0.15) is 31.0 Å². The summed E-state index contributed by atoms with van der Waals surface area (Å²) in [6, 6.07) is 13.8. The van der Waals surface area contributed by atoms with Crippen molar-refractivity contribution in [2.45, 2.75) is 24.8 Å². The highest BCUT2D eigenvalue weighted by atomic mass is 32.2. The van der Waals surface area contributed by atoms with Crippen LogP contribution in [0.4, 0.5) is 0 Å². The fourth-order valence-corrected chi connectivity index (χ4v) is 5.07. The van der Waals surface area contributed by atoms with Crippen LogP contribution in [0.15, 0.2) is 74.5 Å². The van der Waals surface area contributed by atoms with E-state index in [1.807, 2.05) is 30.5 Å². The number of nitrogens with zero attached hydrogens (tertiary/aromatic N) is 2. The smallest absolute Gasteiger partial charge is 0.338 e. The normalized spacial score (nSPS) is 16.0. The van der Waals surface area contributed by atoms with Crippen LogP contribution in [0.2, 0.25) is 0 Å². The van der Waals surface area contributed by atoms with Gasteiger partial charge in [0.15, 0.2) is 4.80 Å². The van der Waals surface area contributed by atoms with Crippen molar-refractivity contribution in [1.82, 2.24) is 4.57 Å². The summed E-state index contributed by atoms with van der Waals surface area (Å²) in [5.41, 5.74) is 2.29. The Morgan fingerprint density at radius 3 is 2.53 bits per heavy atom. The van der Waals surface area contributed by atoms with Crippen LogP contribution in [0.5, 0.6) is 5.75 Å². The number of hydrogen-bond acceptors (Lipinski definition) is 7. The number of carbonyl (C=O) groups is 1. The number of phenolic OH excluding ortho intramolecular Hbond substituents is 1. The van der Waals surface area contributed by atoms with Gasteiger partial charge in [0.2, 0.25) is 0 Å². The molecule has 8 heteroatoms. The minimum absolute atomic E-state index is 0.159. The molecule has 0 amide bonds. The number of thiazole rings is 1. The molecule has 1 aromatic heterocycles. The molecule has 1 atom stereocenters. The fraction of sp³-hybridized carbons (Fsp3) is 0.208. The van der Waals surface area contributed by atoms with E-state index in [0.29, 0.717) is 20.6 Å². The first-order chi connectivity index (χ1) is 15.4. The number of allylic oxidation sites excluding steroid dienone is 1.